The van der Waals surface area contributed by atoms with E-state index in [4.69, 9.17) is 4.74 Å². The smallest absolute Gasteiger partial charge is 0.198 e. The molecule has 2 N–H and O–H groups in total. The number of nitrogens with one attached hydrogen (secondary N) is 2. The molecular weight excluding hydrogens is 300 g/mol. The molecule has 1 fully saturated rings. The molecule has 130 valence electrons. The Morgan fingerprint density at radius 3 is 2.71 bits per heavy atom. The van der Waals surface area contributed by atoms with Gasteiger partial charge in [-0.05, 0) is 57.7 Å². The normalized spacial score (nSPS) is 17.1. The largest absolute Gasteiger partial charge is 0.494 e. The molecule has 0 amide bonds. The minimum Gasteiger partial charge on any atom is -0.494 e. The number of aromatic amines is 1. The first-order chi connectivity index (χ1) is 11.6. The standard InChI is InChI=1S/C20H28N2O2/c1-4-24-16-10-11-19-17(12-16)20(23)18(14(2)21-19)13-22(3)15-8-6-5-7-9-15/h10-12,15H,4-9,13H2,1-3H3,(H,21,23)/p+1. The fourth-order valence-corrected chi connectivity index (χ4v) is 3.92. The quantitative estimate of drug-likeness (QED) is 0.886. The van der Waals surface area contributed by atoms with Crippen molar-refractivity contribution >= 4 is 10.9 Å². The molecule has 1 aromatic carbocycles. The summed E-state index contributed by atoms with van der Waals surface area (Å²) >= 11 is 0. The van der Waals surface area contributed by atoms with E-state index in [1.807, 2.05) is 32.0 Å². The van der Waals surface area contributed by atoms with E-state index >= 15 is 0 Å². The third-order valence-electron chi connectivity index (χ3n) is 5.35. The van der Waals surface area contributed by atoms with E-state index in [9.17, 15) is 4.79 Å². The minimum atomic E-state index is 0.151. The van der Waals surface area contributed by atoms with Gasteiger partial charge in [0.05, 0.1) is 25.3 Å². The van der Waals surface area contributed by atoms with E-state index in [2.05, 4.69) is 12.0 Å². The second-order valence-electron chi connectivity index (χ2n) is 7.06. The number of rotatable bonds is 5. The molecule has 4 nitrogen and oxygen atoms in total. The number of ether oxygens (including phenoxy) is 1. The van der Waals surface area contributed by atoms with Gasteiger partial charge in [0, 0.05) is 16.6 Å². The van der Waals surface area contributed by atoms with Gasteiger partial charge in [-0.3, -0.25) is 4.79 Å². The second kappa shape index (κ2) is 7.39. The van der Waals surface area contributed by atoms with Crippen molar-refractivity contribution in [1.29, 1.82) is 0 Å². The van der Waals surface area contributed by atoms with Crippen LogP contribution in [0.2, 0.25) is 0 Å². The van der Waals surface area contributed by atoms with Crippen molar-refractivity contribution in [3.05, 3.63) is 39.7 Å². The number of hydrogen-bond acceptors (Lipinski definition) is 2. The number of benzene rings is 1. The average Bonchev–Trinajstić information content (AvgIpc) is 2.60. The van der Waals surface area contributed by atoms with Gasteiger partial charge >= 0.3 is 0 Å². The van der Waals surface area contributed by atoms with E-state index in [0.29, 0.717) is 12.6 Å². The van der Waals surface area contributed by atoms with Crippen LogP contribution in [0.15, 0.2) is 23.0 Å². The number of H-pyrrole nitrogens is 1. The van der Waals surface area contributed by atoms with Crippen LogP contribution in [0.5, 0.6) is 5.75 Å². The lowest BCUT2D eigenvalue weighted by Crippen LogP contribution is -3.12. The van der Waals surface area contributed by atoms with Crippen molar-refractivity contribution in [3.8, 4) is 5.75 Å². The van der Waals surface area contributed by atoms with Crippen LogP contribution in [0, 0.1) is 6.92 Å². The summed E-state index contributed by atoms with van der Waals surface area (Å²) in [5.74, 6) is 0.762. The lowest BCUT2D eigenvalue weighted by atomic mass is 9.94. The average molecular weight is 329 g/mol. The van der Waals surface area contributed by atoms with Crippen molar-refractivity contribution in [1.82, 2.24) is 4.98 Å². The highest BCUT2D eigenvalue weighted by Crippen LogP contribution is 2.19. The molecule has 1 heterocycles. The highest BCUT2D eigenvalue weighted by atomic mass is 16.5. The first kappa shape index (κ1) is 17.0. The molecule has 4 heteroatoms. The first-order valence-electron chi connectivity index (χ1n) is 9.20. The van der Waals surface area contributed by atoms with Gasteiger partial charge < -0.3 is 14.6 Å². The van der Waals surface area contributed by atoms with Gasteiger partial charge in [-0.15, -0.1) is 0 Å². The van der Waals surface area contributed by atoms with E-state index in [-0.39, 0.29) is 5.43 Å². The summed E-state index contributed by atoms with van der Waals surface area (Å²) in [6.07, 6.45) is 6.58. The monoisotopic (exact) mass is 329 g/mol. The maximum absolute atomic E-state index is 13.0. The molecule has 1 unspecified atom stereocenters. The molecule has 3 rings (SSSR count). The summed E-state index contributed by atoms with van der Waals surface area (Å²) in [6.45, 7) is 5.37. The summed E-state index contributed by atoms with van der Waals surface area (Å²) in [5.41, 5.74) is 2.95. The van der Waals surface area contributed by atoms with E-state index in [1.165, 1.54) is 37.0 Å². The number of fused-ring (bicyclic) bond motifs is 1. The van der Waals surface area contributed by atoms with Crippen LogP contribution >= 0.6 is 0 Å². The van der Waals surface area contributed by atoms with Gasteiger partial charge in [0.25, 0.3) is 0 Å². The Morgan fingerprint density at radius 1 is 1.25 bits per heavy atom. The van der Waals surface area contributed by atoms with Gasteiger partial charge in [0.1, 0.15) is 12.3 Å². The highest BCUT2D eigenvalue weighted by Gasteiger charge is 2.23. The van der Waals surface area contributed by atoms with Gasteiger partial charge in [-0.1, -0.05) is 6.42 Å². The van der Waals surface area contributed by atoms with Gasteiger partial charge in [0.15, 0.2) is 5.43 Å². The molecule has 0 saturated heterocycles. The van der Waals surface area contributed by atoms with Crippen LogP contribution < -0.4 is 15.1 Å². The Morgan fingerprint density at radius 2 is 2.00 bits per heavy atom. The predicted molar refractivity (Wildman–Crippen MR) is 97.9 cm³/mol. The molecule has 1 aliphatic carbocycles. The second-order valence-corrected chi connectivity index (χ2v) is 7.06. The molecular formula is C20H29N2O2+. The van der Waals surface area contributed by atoms with E-state index in [1.54, 1.807) is 0 Å². The van der Waals surface area contributed by atoms with Crippen LogP contribution in [0.3, 0.4) is 0 Å². The van der Waals surface area contributed by atoms with Crippen LogP contribution in [0.25, 0.3) is 10.9 Å². The van der Waals surface area contributed by atoms with Crippen molar-refractivity contribution in [2.24, 2.45) is 0 Å². The highest BCUT2D eigenvalue weighted by molar-refractivity contribution is 5.81. The van der Waals surface area contributed by atoms with E-state index < -0.39 is 0 Å². The zero-order valence-electron chi connectivity index (χ0n) is 15.1. The number of quaternary nitrogens is 1. The molecule has 0 aliphatic heterocycles. The summed E-state index contributed by atoms with van der Waals surface area (Å²) in [4.78, 5) is 17.9. The number of pyridine rings is 1. The van der Waals surface area contributed by atoms with Gasteiger partial charge in [0.2, 0.25) is 0 Å². The molecule has 1 aliphatic rings. The maximum atomic E-state index is 13.0. The summed E-state index contributed by atoms with van der Waals surface area (Å²) in [5, 5.41) is 0.734. The van der Waals surface area contributed by atoms with E-state index in [0.717, 1.165) is 34.5 Å². The summed E-state index contributed by atoms with van der Waals surface area (Å²) in [7, 11) is 2.23. The third kappa shape index (κ3) is 3.48. The molecule has 1 saturated carbocycles. The molecule has 1 atom stereocenters. The Hall–Kier alpha value is -1.81. The Labute approximate surface area is 143 Å². The van der Waals surface area contributed by atoms with Crippen LogP contribution in [-0.2, 0) is 6.54 Å². The van der Waals surface area contributed by atoms with Crippen molar-refractivity contribution < 1.29 is 9.64 Å². The molecule has 1 aromatic heterocycles. The fourth-order valence-electron chi connectivity index (χ4n) is 3.92. The zero-order valence-corrected chi connectivity index (χ0v) is 15.1. The summed E-state index contributed by atoms with van der Waals surface area (Å²) < 4.78 is 5.56. The first-order valence-corrected chi connectivity index (χ1v) is 9.20. The molecule has 2 aromatic rings. The van der Waals surface area contributed by atoms with Crippen molar-refractivity contribution in [2.45, 2.75) is 58.5 Å². The van der Waals surface area contributed by atoms with Crippen LogP contribution in [-0.4, -0.2) is 24.7 Å². The predicted octanol–water partition coefficient (Wildman–Crippen LogP) is 2.58. The molecule has 0 bridgehead atoms. The Kier molecular flexibility index (Phi) is 5.24. The van der Waals surface area contributed by atoms with Gasteiger partial charge in [-0.25, -0.2) is 0 Å². The van der Waals surface area contributed by atoms with Crippen LogP contribution in [0.4, 0.5) is 0 Å². The Bertz CT molecular complexity index is 760. The van der Waals surface area contributed by atoms with Crippen LogP contribution in [0.1, 0.15) is 50.3 Å². The summed E-state index contributed by atoms with van der Waals surface area (Å²) in [6, 6.07) is 6.41. The number of hydrogen-bond donors (Lipinski definition) is 2. The fraction of sp³-hybridized carbons (Fsp3) is 0.550. The zero-order chi connectivity index (χ0) is 17.1. The van der Waals surface area contributed by atoms with Crippen molar-refractivity contribution in [3.63, 3.8) is 0 Å². The van der Waals surface area contributed by atoms with Crippen molar-refractivity contribution in [2.75, 3.05) is 13.7 Å². The third-order valence-corrected chi connectivity index (χ3v) is 5.35. The van der Waals surface area contributed by atoms with Gasteiger partial charge in [-0.2, -0.15) is 0 Å². The lowest BCUT2D eigenvalue weighted by molar-refractivity contribution is -0.921. The SMILES string of the molecule is CCOc1ccc2[nH]c(C)c(C[NH+](C)C3CCCCC3)c(=O)c2c1. The molecule has 0 radical (unpaired) electrons. The lowest BCUT2D eigenvalue weighted by Gasteiger charge is -2.28. The minimum absolute atomic E-state index is 0.151. The number of aryl methyl sites for hydroxylation is 1. The Balaban J connectivity index is 1.93. The molecule has 0 spiro atoms. The maximum Gasteiger partial charge on any atom is 0.198 e. The topological polar surface area (TPSA) is 46.5 Å². The number of aromatic nitrogens is 1. The molecule has 24 heavy (non-hydrogen) atoms.